The predicted octanol–water partition coefficient (Wildman–Crippen LogP) is 1.77. The molecule has 1 aromatic carbocycles. The molecule has 0 spiro atoms. The summed E-state index contributed by atoms with van der Waals surface area (Å²) >= 11 is 0. The van der Waals surface area contributed by atoms with E-state index in [-0.39, 0.29) is 5.91 Å². The van der Waals surface area contributed by atoms with Crippen LogP contribution in [0.2, 0.25) is 0 Å². The first kappa shape index (κ1) is 19.8. The van der Waals surface area contributed by atoms with E-state index in [9.17, 15) is 4.79 Å². The van der Waals surface area contributed by atoms with Gasteiger partial charge in [0.2, 0.25) is 5.91 Å². The van der Waals surface area contributed by atoms with E-state index in [4.69, 9.17) is 10.6 Å². The molecule has 1 aromatic rings. The molecule has 0 radical (unpaired) electrons. The Labute approximate surface area is 151 Å². The molecule has 0 atom stereocenters. The van der Waals surface area contributed by atoms with Gasteiger partial charge < -0.3 is 10.6 Å². The van der Waals surface area contributed by atoms with Crippen molar-refractivity contribution in [3.05, 3.63) is 34.4 Å². The van der Waals surface area contributed by atoms with Crippen LogP contribution < -0.4 is 5.73 Å². The predicted molar refractivity (Wildman–Crippen MR) is 99.6 cm³/mol. The second kappa shape index (κ2) is 7.83. The number of aryl methyl sites for hydroxylation is 3. The van der Waals surface area contributed by atoms with Crippen LogP contribution in [0.4, 0.5) is 0 Å². The fourth-order valence-corrected chi connectivity index (χ4v) is 3.85. The molecule has 0 unspecified atom stereocenters. The van der Waals surface area contributed by atoms with Gasteiger partial charge >= 0.3 is 0 Å². The average molecular weight is 348 g/mol. The lowest BCUT2D eigenvalue weighted by Crippen LogP contribution is -2.66. The third-order valence-corrected chi connectivity index (χ3v) is 5.07. The highest BCUT2D eigenvalue weighted by atomic mass is 16.7. The summed E-state index contributed by atoms with van der Waals surface area (Å²) in [5.41, 5.74) is 10.6. The van der Waals surface area contributed by atoms with E-state index in [1.165, 1.54) is 5.56 Å². The summed E-state index contributed by atoms with van der Waals surface area (Å²) in [6, 6.07) is 4.26. The minimum absolute atomic E-state index is 0.0356. The Morgan fingerprint density at radius 1 is 1.20 bits per heavy atom. The average Bonchev–Trinajstić information content (AvgIpc) is 2.51. The quantitative estimate of drug-likeness (QED) is 0.649. The van der Waals surface area contributed by atoms with Gasteiger partial charge in [-0.3, -0.25) is 9.80 Å². The van der Waals surface area contributed by atoms with E-state index in [1.807, 2.05) is 24.2 Å². The Bertz CT molecular complexity index is 599. The van der Waals surface area contributed by atoms with Crippen molar-refractivity contribution in [2.45, 2.75) is 45.7 Å². The second-order valence-electron chi connectivity index (χ2n) is 7.32. The molecule has 1 aliphatic rings. The molecule has 1 aliphatic heterocycles. The maximum absolute atomic E-state index is 13.2. The number of rotatable bonds is 5. The second-order valence-corrected chi connectivity index (χ2v) is 7.32. The van der Waals surface area contributed by atoms with Gasteiger partial charge in [0.1, 0.15) is 5.66 Å². The zero-order chi connectivity index (χ0) is 18.8. The number of hydrogen-bond acceptors (Lipinski definition) is 5. The monoisotopic (exact) mass is 348 g/mol. The number of nitrogens with zero attached hydrogens (tertiary/aromatic N) is 3. The molecule has 1 saturated heterocycles. The summed E-state index contributed by atoms with van der Waals surface area (Å²) in [7, 11) is 5.43. The number of amides is 1. The van der Waals surface area contributed by atoms with Gasteiger partial charge in [0.05, 0.1) is 13.5 Å². The van der Waals surface area contributed by atoms with Crippen molar-refractivity contribution in [2.24, 2.45) is 5.73 Å². The van der Waals surface area contributed by atoms with E-state index >= 15 is 0 Å². The number of carbonyl (C=O) groups is 1. The molecule has 2 rings (SSSR count). The molecule has 1 amide bonds. The normalized spacial score (nSPS) is 17.8. The summed E-state index contributed by atoms with van der Waals surface area (Å²) in [5.74, 6) is 0.0356. The van der Waals surface area contributed by atoms with E-state index in [0.29, 0.717) is 32.4 Å². The van der Waals surface area contributed by atoms with Crippen molar-refractivity contribution in [3.8, 4) is 0 Å². The molecule has 0 bridgehead atoms. The van der Waals surface area contributed by atoms with Gasteiger partial charge in [-0.1, -0.05) is 17.7 Å². The highest BCUT2D eigenvalue weighted by Crippen LogP contribution is 2.26. The number of benzene rings is 1. The molecule has 2 N–H and O–H groups in total. The topological polar surface area (TPSA) is 62.0 Å². The summed E-state index contributed by atoms with van der Waals surface area (Å²) < 4.78 is 0. The van der Waals surface area contributed by atoms with Crippen LogP contribution in [0.25, 0.3) is 0 Å². The number of hydroxylamine groups is 2. The van der Waals surface area contributed by atoms with Crippen molar-refractivity contribution in [1.29, 1.82) is 0 Å². The molecule has 25 heavy (non-hydrogen) atoms. The maximum atomic E-state index is 13.2. The Balaban J connectivity index is 2.22. The van der Waals surface area contributed by atoms with Gasteiger partial charge in [0, 0.05) is 40.0 Å². The van der Waals surface area contributed by atoms with Crippen molar-refractivity contribution in [2.75, 3.05) is 34.3 Å². The largest absolute Gasteiger partial charge is 0.307 e. The molecule has 0 aliphatic carbocycles. The van der Waals surface area contributed by atoms with Gasteiger partial charge in [-0.2, -0.15) is 5.06 Å². The molecule has 6 heteroatoms. The first-order valence-electron chi connectivity index (χ1n) is 8.83. The van der Waals surface area contributed by atoms with Crippen molar-refractivity contribution >= 4 is 5.91 Å². The van der Waals surface area contributed by atoms with Crippen LogP contribution >= 0.6 is 0 Å². The van der Waals surface area contributed by atoms with Gasteiger partial charge in [0.15, 0.2) is 0 Å². The third kappa shape index (κ3) is 4.39. The Morgan fingerprint density at radius 2 is 1.72 bits per heavy atom. The van der Waals surface area contributed by atoms with Crippen molar-refractivity contribution in [1.82, 2.24) is 15.1 Å². The van der Waals surface area contributed by atoms with Crippen LogP contribution in [-0.2, 0) is 16.1 Å². The van der Waals surface area contributed by atoms with Gasteiger partial charge in [0.25, 0.3) is 0 Å². The summed E-state index contributed by atoms with van der Waals surface area (Å²) in [6.45, 7) is 7.65. The van der Waals surface area contributed by atoms with Gasteiger partial charge in [-0.05, 0) is 37.5 Å². The Morgan fingerprint density at radius 3 is 2.16 bits per heavy atom. The van der Waals surface area contributed by atoms with E-state index < -0.39 is 5.66 Å². The number of hydrogen-bond donors (Lipinski definition) is 1. The van der Waals surface area contributed by atoms with E-state index in [0.717, 1.165) is 16.7 Å². The lowest BCUT2D eigenvalue weighted by molar-refractivity contribution is -0.190. The molecular formula is C19H32N4O2. The van der Waals surface area contributed by atoms with Gasteiger partial charge in [-0.25, -0.2) is 5.01 Å². The highest BCUT2D eigenvalue weighted by Gasteiger charge is 2.40. The van der Waals surface area contributed by atoms with Crippen LogP contribution in [0.5, 0.6) is 0 Å². The zero-order valence-electron chi connectivity index (χ0n) is 16.4. The maximum Gasteiger partial charge on any atom is 0.243 e. The summed E-state index contributed by atoms with van der Waals surface area (Å²) in [5, 5.41) is 5.44. The smallest absolute Gasteiger partial charge is 0.243 e. The number of carbonyl (C=O) groups excluding carboxylic acids is 1. The van der Waals surface area contributed by atoms with Crippen LogP contribution in [0, 0.1) is 20.8 Å². The minimum Gasteiger partial charge on any atom is -0.307 e. The summed E-state index contributed by atoms with van der Waals surface area (Å²) in [6.07, 6.45) is 1.72. The van der Waals surface area contributed by atoms with Crippen molar-refractivity contribution < 1.29 is 9.63 Å². The SMILES string of the molecule is CON1CCC(N)(N(C(=O)Cc2c(C)cc(C)cc2C)N(C)C)CC1. The zero-order valence-corrected chi connectivity index (χ0v) is 16.4. The fourth-order valence-electron chi connectivity index (χ4n) is 3.85. The van der Waals surface area contributed by atoms with Crippen LogP contribution in [-0.4, -0.2) is 60.9 Å². The van der Waals surface area contributed by atoms with E-state index in [1.54, 1.807) is 12.1 Å². The van der Waals surface area contributed by atoms with Gasteiger partial charge in [-0.15, -0.1) is 0 Å². The molecule has 0 aromatic heterocycles. The lowest BCUT2D eigenvalue weighted by atomic mass is 9.94. The molecule has 6 nitrogen and oxygen atoms in total. The first-order valence-corrected chi connectivity index (χ1v) is 8.83. The fraction of sp³-hybridized carbons (Fsp3) is 0.632. The Hall–Kier alpha value is -1.47. The molecular weight excluding hydrogens is 316 g/mol. The number of hydrazine groups is 1. The number of nitrogens with two attached hydrogens (primary N) is 1. The highest BCUT2D eigenvalue weighted by molar-refractivity contribution is 5.80. The molecule has 0 saturated carbocycles. The molecule has 1 fully saturated rings. The minimum atomic E-state index is -0.678. The van der Waals surface area contributed by atoms with Crippen LogP contribution in [0.1, 0.15) is 35.1 Å². The summed E-state index contributed by atoms with van der Waals surface area (Å²) in [4.78, 5) is 18.4. The molecule has 1 heterocycles. The lowest BCUT2D eigenvalue weighted by Gasteiger charge is -2.48. The molecule has 140 valence electrons. The third-order valence-electron chi connectivity index (χ3n) is 5.07. The van der Waals surface area contributed by atoms with Crippen molar-refractivity contribution in [3.63, 3.8) is 0 Å². The standard InChI is InChI=1S/C19H32N4O2/c1-14-11-15(2)17(16(3)12-14)13-18(24)23(21(4)5)19(20)7-9-22(25-6)10-8-19/h11-12H,7-10,13,20H2,1-6H3. The van der Waals surface area contributed by atoms with E-state index in [2.05, 4.69) is 32.9 Å². The van der Waals surface area contributed by atoms with Crippen LogP contribution in [0.15, 0.2) is 12.1 Å². The number of piperidine rings is 1. The van der Waals surface area contributed by atoms with Crippen LogP contribution in [0.3, 0.4) is 0 Å². The Kier molecular flexibility index (Phi) is 6.21. The first-order chi connectivity index (χ1) is 11.7.